The third kappa shape index (κ3) is 6.43. The summed E-state index contributed by atoms with van der Waals surface area (Å²) in [6.07, 6.45) is 0. The molecule has 0 spiro atoms. The van der Waals surface area contributed by atoms with Crippen molar-refractivity contribution in [3.05, 3.63) is 76.4 Å². The Bertz CT molecular complexity index is 1420. The van der Waals surface area contributed by atoms with Gasteiger partial charge in [0.25, 0.3) is 0 Å². The highest BCUT2D eigenvalue weighted by atomic mass is 32.2. The van der Waals surface area contributed by atoms with Crippen LogP contribution >= 0.6 is 23.1 Å². The molecule has 1 N–H and O–H groups in total. The summed E-state index contributed by atoms with van der Waals surface area (Å²) < 4.78 is 13.2. The summed E-state index contributed by atoms with van der Waals surface area (Å²) in [7, 11) is 0. The first kappa shape index (κ1) is 27.4. The lowest BCUT2D eigenvalue weighted by atomic mass is 10.0. The van der Waals surface area contributed by atoms with Crippen LogP contribution in [-0.4, -0.2) is 39.0 Å². The molecule has 38 heavy (non-hydrogen) atoms. The fourth-order valence-corrected chi connectivity index (χ4v) is 5.73. The largest absolute Gasteiger partial charge is 0.485 e. The lowest BCUT2D eigenvalue weighted by Crippen LogP contribution is -2.17. The summed E-state index contributed by atoms with van der Waals surface area (Å²) in [4.78, 5) is 25.7. The molecule has 198 valence electrons. The number of rotatable bonds is 11. The number of anilines is 1. The summed E-state index contributed by atoms with van der Waals surface area (Å²) in [5.74, 6) is 0.885. The van der Waals surface area contributed by atoms with Crippen molar-refractivity contribution >= 4 is 40.0 Å². The Morgan fingerprint density at radius 2 is 1.87 bits per heavy atom. The Hall–Kier alpha value is -3.63. The summed E-state index contributed by atoms with van der Waals surface area (Å²) >= 11 is 2.59. The van der Waals surface area contributed by atoms with Crippen molar-refractivity contribution in [2.75, 3.05) is 17.7 Å². The standard InChI is InChI=1S/C28H30N4O4S2/c1-5-32-23(15-36-22-13-12-18(3)14-19(22)4)30-31-28(32)38-17-24(33)29-26-25(27(34)35-6-2)21(16-37-26)20-10-8-7-9-11-20/h7-14,16H,5-6,15,17H2,1-4H3,(H,29,33). The second kappa shape index (κ2) is 12.7. The van der Waals surface area contributed by atoms with E-state index in [2.05, 4.69) is 21.6 Å². The number of aromatic nitrogens is 3. The normalized spacial score (nSPS) is 10.8. The van der Waals surface area contributed by atoms with Crippen molar-refractivity contribution in [3.8, 4) is 16.9 Å². The maximum atomic E-state index is 12.9. The smallest absolute Gasteiger partial charge is 0.341 e. The molecule has 0 atom stereocenters. The SMILES string of the molecule is CCOC(=O)c1c(-c2ccccc2)csc1NC(=O)CSc1nnc(COc2ccc(C)cc2C)n1CC. The zero-order valence-electron chi connectivity index (χ0n) is 21.8. The molecular formula is C28H30N4O4S2. The van der Waals surface area contributed by atoms with Crippen molar-refractivity contribution in [1.82, 2.24) is 14.8 Å². The van der Waals surface area contributed by atoms with Gasteiger partial charge in [-0.1, -0.05) is 59.8 Å². The molecule has 8 nitrogen and oxygen atoms in total. The minimum atomic E-state index is -0.463. The van der Waals surface area contributed by atoms with E-state index in [1.54, 1.807) is 6.92 Å². The molecule has 2 aromatic heterocycles. The molecular weight excluding hydrogens is 520 g/mol. The van der Waals surface area contributed by atoms with Gasteiger partial charge in [0.1, 0.15) is 22.9 Å². The molecule has 0 aliphatic heterocycles. The van der Waals surface area contributed by atoms with Gasteiger partial charge in [0.05, 0.1) is 12.4 Å². The highest BCUT2D eigenvalue weighted by Gasteiger charge is 2.23. The zero-order valence-corrected chi connectivity index (χ0v) is 23.4. The van der Waals surface area contributed by atoms with Crippen LogP contribution in [0.25, 0.3) is 11.1 Å². The number of amides is 1. The van der Waals surface area contributed by atoms with Crippen LogP contribution in [0.5, 0.6) is 5.75 Å². The molecule has 0 bridgehead atoms. The van der Waals surface area contributed by atoms with Crippen LogP contribution in [0.4, 0.5) is 5.00 Å². The van der Waals surface area contributed by atoms with Gasteiger partial charge in [-0.3, -0.25) is 4.79 Å². The minimum Gasteiger partial charge on any atom is -0.485 e. The van der Waals surface area contributed by atoms with E-state index in [0.29, 0.717) is 28.1 Å². The highest BCUT2D eigenvalue weighted by Crippen LogP contribution is 2.36. The highest BCUT2D eigenvalue weighted by molar-refractivity contribution is 7.99. The number of hydrogen-bond donors (Lipinski definition) is 1. The molecule has 0 aliphatic carbocycles. The van der Waals surface area contributed by atoms with Gasteiger partial charge in [-0.25, -0.2) is 4.79 Å². The monoisotopic (exact) mass is 550 g/mol. The Morgan fingerprint density at radius 1 is 1.08 bits per heavy atom. The molecule has 0 saturated heterocycles. The average molecular weight is 551 g/mol. The van der Waals surface area contributed by atoms with E-state index >= 15 is 0 Å². The van der Waals surface area contributed by atoms with Gasteiger partial charge in [-0.15, -0.1) is 21.5 Å². The third-order valence-corrected chi connectivity index (χ3v) is 7.60. The summed E-state index contributed by atoms with van der Waals surface area (Å²) in [5.41, 5.74) is 4.22. The molecule has 2 heterocycles. The van der Waals surface area contributed by atoms with Crippen LogP contribution in [0.3, 0.4) is 0 Å². The quantitative estimate of drug-likeness (QED) is 0.177. The van der Waals surface area contributed by atoms with Crippen LogP contribution in [0.1, 0.15) is 41.2 Å². The van der Waals surface area contributed by atoms with Crippen LogP contribution < -0.4 is 10.1 Å². The van der Waals surface area contributed by atoms with Crippen molar-refractivity contribution in [3.63, 3.8) is 0 Å². The van der Waals surface area contributed by atoms with Crippen LogP contribution in [0.15, 0.2) is 59.1 Å². The zero-order chi connectivity index (χ0) is 27.1. The molecule has 10 heteroatoms. The van der Waals surface area contributed by atoms with Gasteiger partial charge >= 0.3 is 5.97 Å². The second-order valence-electron chi connectivity index (χ2n) is 8.48. The van der Waals surface area contributed by atoms with Crippen LogP contribution in [0, 0.1) is 13.8 Å². The van der Waals surface area contributed by atoms with E-state index in [1.807, 2.05) is 73.2 Å². The van der Waals surface area contributed by atoms with E-state index in [0.717, 1.165) is 22.4 Å². The number of carbonyl (C=O) groups is 2. The van der Waals surface area contributed by atoms with Crippen molar-refractivity contribution in [2.45, 2.75) is 46.0 Å². The Morgan fingerprint density at radius 3 is 2.58 bits per heavy atom. The number of nitrogens with one attached hydrogen (secondary N) is 1. The van der Waals surface area contributed by atoms with Crippen molar-refractivity contribution in [1.29, 1.82) is 0 Å². The van der Waals surface area contributed by atoms with Crippen LogP contribution in [0.2, 0.25) is 0 Å². The number of aryl methyl sites for hydroxylation is 2. The number of nitrogens with zero attached hydrogens (tertiary/aromatic N) is 3. The van der Waals surface area contributed by atoms with E-state index in [1.165, 1.54) is 28.7 Å². The lowest BCUT2D eigenvalue weighted by molar-refractivity contribution is -0.113. The third-order valence-electron chi connectivity index (χ3n) is 5.74. The maximum absolute atomic E-state index is 12.9. The Kier molecular flexibility index (Phi) is 9.19. The number of thiophene rings is 1. The lowest BCUT2D eigenvalue weighted by Gasteiger charge is -2.11. The second-order valence-corrected chi connectivity index (χ2v) is 10.3. The Balaban J connectivity index is 1.43. The van der Waals surface area contributed by atoms with Gasteiger partial charge < -0.3 is 19.4 Å². The topological polar surface area (TPSA) is 95.3 Å². The van der Waals surface area contributed by atoms with E-state index < -0.39 is 5.97 Å². The molecule has 4 aromatic rings. The minimum absolute atomic E-state index is 0.108. The number of thioether (sulfide) groups is 1. The van der Waals surface area contributed by atoms with Gasteiger partial charge in [-0.05, 0) is 44.9 Å². The molecule has 0 fully saturated rings. The average Bonchev–Trinajstić information content (AvgIpc) is 3.51. The first-order valence-electron chi connectivity index (χ1n) is 12.3. The number of carbonyl (C=O) groups excluding carboxylic acids is 2. The van der Waals surface area contributed by atoms with Gasteiger partial charge in [0.2, 0.25) is 5.91 Å². The number of ether oxygens (including phenoxy) is 2. The summed E-state index contributed by atoms with van der Waals surface area (Å²) in [6.45, 7) is 8.97. The van der Waals surface area contributed by atoms with E-state index in [-0.39, 0.29) is 24.9 Å². The first-order valence-corrected chi connectivity index (χ1v) is 14.2. The first-order chi connectivity index (χ1) is 18.4. The predicted molar refractivity (Wildman–Crippen MR) is 151 cm³/mol. The molecule has 4 rings (SSSR count). The van der Waals surface area contributed by atoms with Gasteiger partial charge in [0.15, 0.2) is 11.0 Å². The molecule has 0 radical (unpaired) electrons. The van der Waals surface area contributed by atoms with Gasteiger partial charge in [0, 0.05) is 17.5 Å². The molecule has 2 aromatic carbocycles. The van der Waals surface area contributed by atoms with E-state index in [9.17, 15) is 9.59 Å². The fraction of sp³-hybridized carbons (Fsp3) is 0.286. The van der Waals surface area contributed by atoms with E-state index in [4.69, 9.17) is 9.47 Å². The summed E-state index contributed by atoms with van der Waals surface area (Å²) in [5, 5.41) is 14.4. The maximum Gasteiger partial charge on any atom is 0.341 e. The summed E-state index contributed by atoms with van der Waals surface area (Å²) in [6, 6.07) is 15.6. The number of esters is 1. The van der Waals surface area contributed by atoms with Gasteiger partial charge in [-0.2, -0.15) is 0 Å². The Labute approximate surface area is 230 Å². The molecule has 0 unspecified atom stereocenters. The molecule has 1 amide bonds. The molecule has 0 saturated carbocycles. The number of hydrogen-bond acceptors (Lipinski definition) is 8. The predicted octanol–water partition coefficient (Wildman–Crippen LogP) is 6.13. The van der Waals surface area contributed by atoms with Crippen LogP contribution in [-0.2, 0) is 22.7 Å². The fourth-order valence-electron chi connectivity index (χ4n) is 3.93. The van der Waals surface area contributed by atoms with Crippen molar-refractivity contribution in [2.24, 2.45) is 0 Å². The van der Waals surface area contributed by atoms with Crippen molar-refractivity contribution < 1.29 is 19.1 Å². The number of benzene rings is 2. The molecule has 0 aliphatic rings.